The standard InChI is InChI=1S/C26H33NO/c1-16-22-13-23-21(6-5-18-12-19(28)7-9-25(18,23)2)20(22)8-10-26(16)14-17-4-3-11-27-24(17)15-26/h3-5,11,19-21,23,28H,6-10,12-15H2,1-2H3/t19-,20-,21-,23-,25-,26+/m0/s1. The van der Waals surface area contributed by atoms with Crippen molar-refractivity contribution in [1.29, 1.82) is 0 Å². The molecule has 2 heteroatoms. The monoisotopic (exact) mass is 375 g/mol. The summed E-state index contributed by atoms with van der Waals surface area (Å²) in [5.41, 5.74) is 8.68. The Morgan fingerprint density at radius 2 is 2.04 bits per heavy atom. The van der Waals surface area contributed by atoms with Gasteiger partial charge < -0.3 is 5.11 Å². The summed E-state index contributed by atoms with van der Waals surface area (Å²) in [5, 5.41) is 10.2. The minimum absolute atomic E-state index is 0.103. The Hall–Kier alpha value is -1.41. The normalized spacial score (nSPS) is 44.0. The van der Waals surface area contributed by atoms with E-state index in [2.05, 4.69) is 32.1 Å². The number of aliphatic hydroxyl groups excluding tert-OH is 1. The van der Waals surface area contributed by atoms with Crippen molar-refractivity contribution in [3.63, 3.8) is 0 Å². The number of nitrogens with zero attached hydrogens (tertiary/aromatic N) is 1. The highest BCUT2D eigenvalue weighted by Gasteiger charge is 2.56. The van der Waals surface area contributed by atoms with Crippen LogP contribution < -0.4 is 0 Å². The van der Waals surface area contributed by atoms with Gasteiger partial charge in [-0.1, -0.05) is 35.8 Å². The molecule has 5 aliphatic rings. The first-order valence-electron chi connectivity index (χ1n) is 11.5. The summed E-state index contributed by atoms with van der Waals surface area (Å²) in [6, 6.07) is 4.42. The van der Waals surface area contributed by atoms with Crippen molar-refractivity contribution in [2.45, 2.75) is 77.7 Å². The molecule has 0 aromatic carbocycles. The fourth-order valence-electron chi connectivity index (χ4n) is 8.10. The number of pyridine rings is 1. The van der Waals surface area contributed by atoms with E-state index in [-0.39, 0.29) is 6.10 Å². The van der Waals surface area contributed by atoms with Gasteiger partial charge in [0.25, 0.3) is 0 Å². The van der Waals surface area contributed by atoms with Crippen LogP contribution in [0.4, 0.5) is 0 Å². The van der Waals surface area contributed by atoms with Crippen molar-refractivity contribution in [3.05, 3.63) is 52.4 Å². The molecule has 148 valence electrons. The van der Waals surface area contributed by atoms with E-state index >= 15 is 0 Å². The molecule has 2 nitrogen and oxygen atoms in total. The number of rotatable bonds is 0. The fourth-order valence-corrected chi connectivity index (χ4v) is 8.10. The van der Waals surface area contributed by atoms with Crippen LogP contribution in [0.25, 0.3) is 0 Å². The molecule has 1 aromatic rings. The first-order chi connectivity index (χ1) is 13.5. The van der Waals surface area contributed by atoms with Crippen molar-refractivity contribution in [2.24, 2.45) is 28.6 Å². The first kappa shape index (κ1) is 17.4. The maximum Gasteiger partial charge on any atom is 0.0577 e. The zero-order chi connectivity index (χ0) is 19.1. The molecule has 0 bridgehead atoms. The summed E-state index contributed by atoms with van der Waals surface area (Å²) >= 11 is 0. The second kappa shape index (κ2) is 5.81. The summed E-state index contributed by atoms with van der Waals surface area (Å²) in [6.07, 6.45) is 15.2. The van der Waals surface area contributed by atoms with Gasteiger partial charge in [0.15, 0.2) is 0 Å². The van der Waals surface area contributed by atoms with Gasteiger partial charge in [-0.15, -0.1) is 0 Å². The molecule has 0 amide bonds. The summed E-state index contributed by atoms with van der Waals surface area (Å²) < 4.78 is 0. The second-order valence-corrected chi connectivity index (χ2v) is 10.8. The largest absolute Gasteiger partial charge is 0.393 e. The number of aromatic nitrogens is 1. The third kappa shape index (κ3) is 2.22. The van der Waals surface area contributed by atoms with Gasteiger partial charge in [0, 0.05) is 17.3 Å². The Balaban J connectivity index is 1.36. The molecule has 5 aliphatic carbocycles. The first-order valence-corrected chi connectivity index (χ1v) is 11.5. The average molecular weight is 376 g/mol. The lowest BCUT2D eigenvalue weighted by Crippen LogP contribution is -2.41. The number of fused-ring (bicyclic) bond motifs is 6. The summed E-state index contributed by atoms with van der Waals surface area (Å²) in [5.74, 6) is 2.45. The van der Waals surface area contributed by atoms with Gasteiger partial charge in [-0.05, 0) is 99.5 Å². The second-order valence-electron chi connectivity index (χ2n) is 10.8. The van der Waals surface area contributed by atoms with Gasteiger partial charge in [0.1, 0.15) is 0 Å². The van der Waals surface area contributed by atoms with E-state index in [9.17, 15) is 5.11 Å². The highest BCUT2D eigenvalue weighted by molar-refractivity contribution is 5.41. The van der Waals surface area contributed by atoms with E-state index in [4.69, 9.17) is 4.98 Å². The molecule has 1 heterocycles. The predicted octanol–water partition coefficient (Wildman–Crippen LogP) is 5.41. The molecule has 2 saturated carbocycles. The molecule has 28 heavy (non-hydrogen) atoms. The molecule has 0 unspecified atom stereocenters. The molecular weight excluding hydrogens is 342 g/mol. The summed E-state index contributed by atoms with van der Waals surface area (Å²) in [4.78, 5) is 4.72. The van der Waals surface area contributed by atoms with Crippen LogP contribution in [0.3, 0.4) is 0 Å². The van der Waals surface area contributed by atoms with Crippen LogP contribution in [0.2, 0.25) is 0 Å². The van der Waals surface area contributed by atoms with E-state index in [1.54, 1.807) is 11.1 Å². The number of hydrogen-bond acceptors (Lipinski definition) is 2. The van der Waals surface area contributed by atoms with Crippen molar-refractivity contribution in [2.75, 3.05) is 0 Å². The minimum Gasteiger partial charge on any atom is -0.393 e. The average Bonchev–Trinajstić information content (AvgIpc) is 3.25. The lowest BCUT2D eigenvalue weighted by Gasteiger charge is -2.49. The topological polar surface area (TPSA) is 33.1 Å². The van der Waals surface area contributed by atoms with E-state index in [0.717, 1.165) is 37.0 Å². The van der Waals surface area contributed by atoms with Gasteiger partial charge in [0.05, 0.1) is 6.10 Å². The van der Waals surface area contributed by atoms with Gasteiger partial charge in [-0.3, -0.25) is 4.98 Å². The summed E-state index contributed by atoms with van der Waals surface area (Å²) in [7, 11) is 0. The lowest BCUT2D eigenvalue weighted by molar-refractivity contribution is 0.0545. The summed E-state index contributed by atoms with van der Waals surface area (Å²) in [6.45, 7) is 5.01. The number of hydrogen-bond donors (Lipinski definition) is 1. The highest BCUT2D eigenvalue weighted by Crippen LogP contribution is 2.65. The molecule has 0 saturated heterocycles. The van der Waals surface area contributed by atoms with Gasteiger partial charge in [-0.2, -0.15) is 0 Å². The van der Waals surface area contributed by atoms with Crippen molar-refractivity contribution in [3.8, 4) is 0 Å². The molecule has 1 aromatic heterocycles. The van der Waals surface area contributed by atoms with Crippen LogP contribution >= 0.6 is 0 Å². The Bertz CT molecular complexity index is 870. The van der Waals surface area contributed by atoms with Crippen LogP contribution in [0, 0.1) is 28.6 Å². The molecule has 6 atom stereocenters. The van der Waals surface area contributed by atoms with Gasteiger partial charge >= 0.3 is 0 Å². The number of aliphatic hydroxyl groups is 1. The van der Waals surface area contributed by atoms with Crippen molar-refractivity contribution >= 4 is 0 Å². The minimum atomic E-state index is -0.103. The Morgan fingerprint density at radius 3 is 2.89 bits per heavy atom. The van der Waals surface area contributed by atoms with E-state index in [0.29, 0.717) is 10.8 Å². The van der Waals surface area contributed by atoms with Crippen LogP contribution in [-0.4, -0.2) is 16.2 Å². The Morgan fingerprint density at radius 1 is 1.14 bits per heavy atom. The van der Waals surface area contributed by atoms with Crippen LogP contribution in [0.15, 0.2) is 41.1 Å². The quantitative estimate of drug-likeness (QED) is 0.615. The van der Waals surface area contributed by atoms with Gasteiger partial charge in [-0.25, -0.2) is 0 Å². The Labute approximate surface area is 169 Å². The van der Waals surface area contributed by atoms with Crippen molar-refractivity contribution < 1.29 is 5.11 Å². The molecule has 6 rings (SSSR count). The smallest absolute Gasteiger partial charge is 0.0577 e. The molecule has 0 radical (unpaired) electrons. The number of allylic oxidation sites excluding steroid dienone is 3. The SMILES string of the molecule is CC1=C2C[C@H]3[C@@H](CC=C4C[C@@H](O)CC[C@@]43C)[C@@H]2CC[C@]12Cc1cccnc1C2. The van der Waals surface area contributed by atoms with Crippen LogP contribution in [0.5, 0.6) is 0 Å². The van der Waals surface area contributed by atoms with Crippen LogP contribution in [0.1, 0.15) is 70.1 Å². The zero-order valence-electron chi connectivity index (χ0n) is 17.4. The third-order valence-electron chi connectivity index (χ3n) is 9.79. The van der Waals surface area contributed by atoms with E-state index in [1.807, 2.05) is 11.8 Å². The maximum absolute atomic E-state index is 10.2. The molecule has 1 spiro atoms. The Kier molecular flexibility index (Phi) is 3.62. The molecular formula is C26H33NO. The van der Waals surface area contributed by atoms with E-state index < -0.39 is 0 Å². The highest BCUT2D eigenvalue weighted by atomic mass is 16.3. The van der Waals surface area contributed by atoms with Gasteiger partial charge in [0.2, 0.25) is 0 Å². The molecule has 1 N–H and O–H groups in total. The third-order valence-corrected chi connectivity index (χ3v) is 9.79. The molecule has 2 fully saturated rings. The molecule has 0 aliphatic heterocycles. The fraction of sp³-hybridized carbons (Fsp3) is 0.654. The predicted molar refractivity (Wildman–Crippen MR) is 112 cm³/mol. The zero-order valence-corrected chi connectivity index (χ0v) is 17.4. The van der Waals surface area contributed by atoms with E-state index in [1.165, 1.54) is 49.8 Å². The van der Waals surface area contributed by atoms with Crippen molar-refractivity contribution in [1.82, 2.24) is 4.98 Å². The lowest BCUT2D eigenvalue weighted by atomic mass is 9.56. The van der Waals surface area contributed by atoms with Crippen LogP contribution in [-0.2, 0) is 12.8 Å². The maximum atomic E-state index is 10.2.